The largest absolute Gasteiger partial charge is 0.222 e. The second-order valence-corrected chi connectivity index (χ2v) is 6.38. The van der Waals surface area contributed by atoms with Crippen LogP contribution in [0.2, 0.25) is 0 Å². The van der Waals surface area contributed by atoms with E-state index in [2.05, 4.69) is 43.3 Å². The van der Waals surface area contributed by atoms with Gasteiger partial charge in [0.25, 0.3) is 0 Å². The van der Waals surface area contributed by atoms with Gasteiger partial charge in [-0.05, 0) is 24.1 Å². The molecule has 0 spiro atoms. The third-order valence-corrected chi connectivity index (χ3v) is 4.83. The molecule has 0 fully saturated rings. The molecule has 3 aromatic carbocycles. The fraction of sp³-hybridized carbons (Fsp3) is 0.0909. The van der Waals surface area contributed by atoms with E-state index in [1.54, 1.807) is 0 Å². The molecule has 0 atom stereocenters. The molecule has 0 unspecified atom stereocenters. The zero-order valence-electron chi connectivity index (χ0n) is 14.0. The van der Waals surface area contributed by atoms with Crippen molar-refractivity contribution in [2.75, 3.05) is 0 Å². The van der Waals surface area contributed by atoms with Gasteiger partial charge in [0.2, 0.25) is 0 Å². The predicted molar refractivity (Wildman–Crippen MR) is 107 cm³/mol. The predicted octanol–water partition coefficient (Wildman–Crippen LogP) is 5.98. The van der Waals surface area contributed by atoms with Gasteiger partial charge in [-0.1, -0.05) is 85.9 Å². The quantitative estimate of drug-likeness (QED) is 0.426. The maximum Gasteiger partial charge on any atom is 0.136 e. The molecule has 0 aliphatic carbocycles. The molecule has 4 rings (SSSR count). The highest BCUT2D eigenvalue weighted by Gasteiger charge is 2.11. The molecule has 0 aliphatic heterocycles. The Balaban J connectivity index is 2.03. The summed E-state index contributed by atoms with van der Waals surface area (Å²) in [5.41, 5.74) is 4.36. The first-order valence-electron chi connectivity index (χ1n) is 8.45. The first-order valence-corrected chi connectivity index (χ1v) is 8.85. The molecule has 0 bridgehead atoms. The number of para-hydroxylation sites is 1. The molecule has 2 nitrogen and oxygen atoms in total. The number of aromatic nitrogens is 2. The average molecular weight is 342 g/mol. The molecule has 0 saturated heterocycles. The van der Waals surface area contributed by atoms with Crippen LogP contribution in [0.5, 0.6) is 0 Å². The minimum Gasteiger partial charge on any atom is -0.222 e. The topological polar surface area (TPSA) is 17.8 Å². The summed E-state index contributed by atoms with van der Waals surface area (Å²) in [6.45, 7) is 2.16. The SMILES string of the molecule is CCc1ccc(-c2nn(-c3ccccc3)c(=S)c3ccccc23)cc1. The third kappa shape index (κ3) is 2.87. The Morgan fingerprint density at radius 3 is 2.12 bits per heavy atom. The van der Waals surface area contributed by atoms with Gasteiger partial charge in [0.1, 0.15) is 4.64 Å². The number of hydrogen-bond acceptors (Lipinski definition) is 2. The molecular formula is C22H18N2S. The number of aryl methyl sites for hydroxylation is 1. The van der Waals surface area contributed by atoms with Crippen LogP contribution in [0, 0.1) is 4.64 Å². The van der Waals surface area contributed by atoms with Crippen molar-refractivity contribution < 1.29 is 0 Å². The Labute approximate surface area is 152 Å². The molecule has 1 heterocycles. The van der Waals surface area contributed by atoms with Crippen molar-refractivity contribution in [3.63, 3.8) is 0 Å². The van der Waals surface area contributed by atoms with Crippen molar-refractivity contribution in [3.8, 4) is 16.9 Å². The van der Waals surface area contributed by atoms with Gasteiger partial charge in [0.05, 0.1) is 11.4 Å². The average Bonchev–Trinajstić information content (AvgIpc) is 2.69. The van der Waals surface area contributed by atoms with Crippen molar-refractivity contribution in [2.24, 2.45) is 0 Å². The van der Waals surface area contributed by atoms with E-state index < -0.39 is 0 Å². The summed E-state index contributed by atoms with van der Waals surface area (Å²) in [5, 5.41) is 7.04. The second-order valence-electron chi connectivity index (χ2n) is 6.00. The standard InChI is InChI=1S/C22H18N2S/c1-2-16-12-14-17(15-13-16)21-19-10-6-7-11-20(19)22(25)24(23-21)18-8-4-3-5-9-18/h3-15H,2H2,1H3. The molecule has 0 amide bonds. The van der Waals surface area contributed by atoms with E-state index in [0.29, 0.717) is 0 Å². The maximum absolute atomic E-state index is 5.73. The van der Waals surface area contributed by atoms with E-state index in [1.165, 1.54) is 5.56 Å². The van der Waals surface area contributed by atoms with E-state index in [1.807, 2.05) is 47.1 Å². The molecule has 0 aliphatic rings. The van der Waals surface area contributed by atoms with Crippen LogP contribution in [0.15, 0.2) is 78.9 Å². The van der Waals surface area contributed by atoms with Gasteiger partial charge >= 0.3 is 0 Å². The number of hydrogen-bond donors (Lipinski definition) is 0. The minimum absolute atomic E-state index is 0.732. The van der Waals surface area contributed by atoms with Crippen LogP contribution >= 0.6 is 12.2 Å². The number of rotatable bonds is 3. The number of nitrogens with zero attached hydrogens (tertiary/aromatic N) is 2. The molecule has 4 aromatic rings. The Kier molecular flexibility index (Phi) is 4.16. The van der Waals surface area contributed by atoms with Crippen LogP contribution in [0.1, 0.15) is 12.5 Å². The highest BCUT2D eigenvalue weighted by molar-refractivity contribution is 7.71. The van der Waals surface area contributed by atoms with Crippen molar-refractivity contribution in [1.29, 1.82) is 0 Å². The van der Waals surface area contributed by atoms with E-state index in [0.717, 1.165) is 38.8 Å². The zero-order valence-corrected chi connectivity index (χ0v) is 14.8. The lowest BCUT2D eigenvalue weighted by atomic mass is 10.0. The molecule has 0 saturated carbocycles. The Bertz CT molecular complexity index is 1080. The van der Waals surface area contributed by atoms with E-state index in [9.17, 15) is 0 Å². The summed E-state index contributed by atoms with van der Waals surface area (Å²) in [7, 11) is 0. The van der Waals surface area contributed by atoms with Crippen molar-refractivity contribution in [1.82, 2.24) is 9.78 Å². The van der Waals surface area contributed by atoms with Gasteiger partial charge < -0.3 is 0 Å². The summed E-state index contributed by atoms with van der Waals surface area (Å²) in [6.07, 6.45) is 1.03. The molecule has 122 valence electrons. The Hall–Kier alpha value is -2.78. The van der Waals surface area contributed by atoms with Gasteiger partial charge in [-0.3, -0.25) is 0 Å². The lowest BCUT2D eigenvalue weighted by Crippen LogP contribution is -2.05. The van der Waals surface area contributed by atoms with Gasteiger partial charge in [0.15, 0.2) is 0 Å². The summed E-state index contributed by atoms with van der Waals surface area (Å²) < 4.78 is 2.59. The van der Waals surface area contributed by atoms with Crippen LogP contribution in [0.4, 0.5) is 0 Å². The zero-order chi connectivity index (χ0) is 17.2. The van der Waals surface area contributed by atoms with Gasteiger partial charge in [-0.2, -0.15) is 5.10 Å². The van der Waals surface area contributed by atoms with Crippen LogP contribution < -0.4 is 0 Å². The number of benzene rings is 3. The summed E-state index contributed by atoms with van der Waals surface area (Å²) in [6, 6.07) is 26.9. The molecule has 25 heavy (non-hydrogen) atoms. The number of fused-ring (bicyclic) bond motifs is 1. The van der Waals surface area contributed by atoms with E-state index in [-0.39, 0.29) is 0 Å². The third-order valence-electron chi connectivity index (χ3n) is 4.44. The summed E-state index contributed by atoms with van der Waals surface area (Å²) in [4.78, 5) is 0. The van der Waals surface area contributed by atoms with Gasteiger partial charge in [-0.15, -0.1) is 0 Å². The lowest BCUT2D eigenvalue weighted by molar-refractivity contribution is 0.847. The van der Waals surface area contributed by atoms with E-state index >= 15 is 0 Å². The monoisotopic (exact) mass is 342 g/mol. The van der Waals surface area contributed by atoms with Crippen LogP contribution in [0.25, 0.3) is 27.7 Å². The Morgan fingerprint density at radius 2 is 1.44 bits per heavy atom. The fourth-order valence-corrected chi connectivity index (χ4v) is 3.37. The van der Waals surface area contributed by atoms with Crippen LogP contribution in [0.3, 0.4) is 0 Å². The highest BCUT2D eigenvalue weighted by atomic mass is 32.1. The first kappa shape index (κ1) is 15.7. The lowest BCUT2D eigenvalue weighted by Gasteiger charge is -2.13. The second kappa shape index (κ2) is 6.61. The fourth-order valence-electron chi connectivity index (χ4n) is 3.05. The normalized spacial score (nSPS) is 10.9. The van der Waals surface area contributed by atoms with Crippen LogP contribution in [-0.4, -0.2) is 9.78 Å². The maximum atomic E-state index is 5.73. The molecular weight excluding hydrogens is 324 g/mol. The summed E-state index contributed by atoms with van der Waals surface area (Å²) >= 11 is 5.73. The first-order chi connectivity index (χ1) is 12.3. The minimum atomic E-state index is 0.732. The molecule has 1 aromatic heterocycles. The van der Waals surface area contributed by atoms with Crippen LogP contribution in [-0.2, 0) is 6.42 Å². The summed E-state index contributed by atoms with van der Waals surface area (Å²) in [5.74, 6) is 0. The smallest absolute Gasteiger partial charge is 0.136 e. The highest BCUT2D eigenvalue weighted by Crippen LogP contribution is 2.28. The molecule has 3 heteroatoms. The Morgan fingerprint density at radius 1 is 0.800 bits per heavy atom. The van der Waals surface area contributed by atoms with Gasteiger partial charge in [-0.25, -0.2) is 4.68 Å². The van der Waals surface area contributed by atoms with Gasteiger partial charge in [0, 0.05) is 16.3 Å². The van der Waals surface area contributed by atoms with Crippen molar-refractivity contribution >= 4 is 23.0 Å². The molecule has 0 radical (unpaired) electrons. The van der Waals surface area contributed by atoms with E-state index in [4.69, 9.17) is 17.3 Å². The van der Waals surface area contributed by atoms with Crippen molar-refractivity contribution in [3.05, 3.63) is 89.1 Å². The molecule has 0 N–H and O–H groups in total. The van der Waals surface area contributed by atoms with Crippen molar-refractivity contribution in [2.45, 2.75) is 13.3 Å².